The first-order valence-electron chi connectivity index (χ1n) is 6.53. The summed E-state index contributed by atoms with van der Waals surface area (Å²) in [7, 11) is -1.06. The number of methoxy groups -OCH3 is 2. The van der Waals surface area contributed by atoms with Crippen molar-refractivity contribution in [1.82, 2.24) is 4.72 Å². The van der Waals surface area contributed by atoms with Crippen LogP contribution in [0.15, 0.2) is 41.3 Å². The summed E-state index contributed by atoms with van der Waals surface area (Å²) in [4.78, 5) is -0.0578. The maximum absolute atomic E-state index is 13.0. The van der Waals surface area contributed by atoms with E-state index < -0.39 is 15.8 Å². The predicted molar refractivity (Wildman–Crippen MR) is 85.0 cm³/mol. The molecule has 0 spiro atoms. The summed E-state index contributed by atoms with van der Waals surface area (Å²) < 4.78 is 50.5. The number of ether oxygens (including phenoxy) is 2. The van der Waals surface area contributed by atoms with Crippen LogP contribution < -0.4 is 14.2 Å². The van der Waals surface area contributed by atoms with E-state index in [-0.39, 0.29) is 22.2 Å². The van der Waals surface area contributed by atoms with Crippen molar-refractivity contribution >= 4 is 21.6 Å². The normalized spacial score (nSPS) is 11.3. The highest BCUT2D eigenvalue weighted by Crippen LogP contribution is 2.28. The topological polar surface area (TPSA) is 64.6 Å². The Balaban J connectivity index is 2.28. The number of halogens is 2. The van der Waals surface area contributed by atoms with E-state index in [2.05, 4.69) is 4.72 Å². The average molecular weight is 360 g/mol. The Morgan fingerprint density at radius 1 is 1.13 bits per heavy atom. The zero-order valence-corrected chi connectivity index (χ0v) is 14.0. The molecule has 0 heterocycles. The standard InChI is InChI=1S/C15H15ClFNO4S/c1-21-12-5-6-14(22-2)15(8-12)23(19,20)18-9-10-3-4-11(17)7-13(10)16/h3-8,18H,9H2,1-2H3. The number of rotatable bonds is 6. The van der Waals surface area contributed by atoms with Crippen molar-refractivity contribution in [1.29, 1.82) is 0 Å². The fourth-order valence-electron chi connectivity index (χ4n) is 1.91. The van der Waals surface area contributed by atoms with Crippen molar-refractivity contribution in [3.8, 4) is 11.5 Å². The van der Waals surface area contributed by atoms with Gasteiger partial charge in [0.25, 0.3) is 0 Å². The van der Waals surface area contributed by atoms with Crippen LogP contribution in [0.25, 0.3) is 0 Å². The van der Waals surface area contributed by atoms with E-state index in [0.717, 1.165) is 6.07 Å². The van der Waals surface area contributed by atoms with Gasteiger partial charge in [0.2, 0.25) is 10.0 Å². The molecule has 5 nitrogen and oxygen atoms in total. The van der Waals surface area contributed by atoms with Crippen molar-refractivity contribution in [2.24, 2.45) is 0 Å². The van der Waals surface area contributed by atoms with Gasteiger partial charge in [-0.3, -0.25) is 0 Å². The van der Waals surface area contributed by atoms with E-state index in [1.165, 1.54) is 38.5 Å². The lowest BCUT2D eigenvalue weighted by molar-refractivity contribution is 0.392. The zero-order valence-electron chi connectivity index (χ0n) is 12.5. The van der Waals surface area contributed by atoms with Gasteiger partial charge in [0.1, 0.15) is 22.2 Å². The number of benzene rings is 2. The van der Waals surface area contributed by atoms with Gasteiger partial charge in [0.05, 0.1) is 14.2 Å². The maximum Gasteiger partial charge on any atom is 0.244 e. The third kappa shape index (κ3) is 4.13. The monoisotopic (exact) mass is 359 g/mol. The molecule has 124 valence electrons. The third-order valence-electron chi connectivity index (χ3n) is 3.13. The Kier molecular flexibility index (Phi) is 5.46. The SMILES string of the molecule is COc1ccc(OC)c(S(=O)(=O)NCc2ccc(F)cc2Cl)c1. The Morgan fingerprint density at radius 3 is 2.48 bits per heavy atom. The van der Waals surface area contributed by atoms with Crippen molar-refractivity contribution < 1.29 is 22.3 Å². The van der Waals surface area contributed by atoms with Crippen molar-refractivity contribution in [3.05, 3.63) is 52.8 Å². The number of hydrogen-bond acceptors (Lipinski definition) is 4. The van der Waals surface area contributed by atoms with Gasteiger partial charge in [0.15, 0.2) is 0 Å². The molecular formula is C15H15ClFNO4S. The molecular weight excluding hydrogens is 345 g/mol. The fourth-order valence-corrected chi connectivity index (χ4v) is 3.33. The van der Waals surface area contributed by atoms with Gasteiger partial charge in [-0.05, 0) is 29.8 Å². The highest BCUT2D eigenvalue weighted by Gasteiger charge is 2.20. The first kappa shape index (κ1) is 17.5. The molecule has 0 aromatic heterocycles. The molecule has 2 rings (SSSR count). The molecule has 0 aliphatic carbocycles. The van der Waals surface area contributed by atoms with Crippen LogP contribution in [0.3, 0.4) is 0 Å². The molecule has 23 heavy (non-hydrogen) atoms. The van der Waals surface area contributed by atoms with E-state index in [4.69, 9.17) is 21.1 Å². The molecule has 0 fully saturated rings. The Bertz CT molecular complexity index is 811. The summed E-state index contributed by atoms with van der Waals surface area (Å²) in [6, 6.07) is 8.20. The van der Waals surface area contributed by atoms with Crippen molar-refractivity contribution in [2.75, 3.05) is 14.2 Å². The third-order valence-corrected chi connectivity index (χ3v) is 4.90. The summed E-state index contributed by atoms with van der Waals surface area (Å²) in [5.74, 6) is 0.0746. The average Bonchev–Trinajstić information content (AvgIpc) is 2.53. The highest BCUT2D eigenvalue weighted by molar-refractivity contribution is 7.89. The molecule has 0 saturated carbocycles. The van der Waals surface area contributed by atoms with Gasteiger partial charge >= 0.3 is 0 Å². The first-order valence-corrected chi connectivity index (χ1v) is 8.39. The second-order valence-corrected chi connectivity index (χ2v) is 6.72. The maximum atomic E-state index is 13.0. The molecule has 2 aromatic rings. The molecule has 0 aliphatic heterocycles. The molecule has 0 aliphatic rings. The summed E-state index contributed by atoms with van der Waals surface area (Å²) in [5.41, 5.74) is 0.457. The number of nitrogens with one attached hydrogen (secondary N) is 1. The van der Waals surface area contributed by atoms with Gasteiger partial charge in [-0.1, -0.05) is 17.7 Å². The predicted octanol–water partition coefficient (Wildman–Crippen LogP) is 2.97. The minimum absolute atomic E-state index is 0.0578. The smallest absolute Gasteiger partial charge is 0.244 e. The Labute approximate surface area is 139 Å². The number of hydrogen-bond donors (Lipinski definition) is 1. The first-order chi connectivity index (χ1) is 10.9. The van der Waals surface area contributed by atoms with Crippen molar-refractivity contribution in [3.63, 3.8) is 0 Å². The second-order valence-electron chi connectivity index (χ2n) is 4.58. The summed E-state index contributed by atoms with van der Waals surface area (Å²) >= 11 is 5.89. The number of sulfonamides is 1. The summed E-state index contributed by atoms with van der Waals surface area (Å²) in [5, 5.41) is 0.144. The lowest BCUT2D eigenvalue weighted by Crippen LogP contribution is -2.24. The largest absolute Gasteiger partial charge is 0.497 e. The quantitative estimate of drug-likeness (QED) is 0.861. The highest BCUT2D eigenvalue weighted by atomic mass is 35.5. The van der Waals surface area contributed by atoms with Gasteiger partial charge in [-0.15, -0.1) is 0 Å². The molecule has 2 aromatic carbocycles. The van der Waals surface area contributed by atoms with E-state index in [1.54, 1.807) is 6.07 Å². The van der Waals surface area contributed by atoms with Crippen molar-refractivity contribution in [2.45, 2.75) is 11.4 Å². The van der Waals surface area contributed by atoms with Crippen LogP contribution >= 0.6 is 11.6 Å². The van der Waals surface area contributed by atoms with Crippen LogP contribution in [0, 0.1) is 5.82 Å². The van der Waals surface area contributed by atoms with Crippen LogP contribution in [0.2, 0.25) is 5.02 Å². The molecule has 0 amide bonds. The summed E-state index contributed by atoms with van der Waals surface area (Å²) in [6.07, 6.45) is 0. The molecule has 0 radical (unpaired) electrons. The molecule has 0 bridgehead atoms. The van der Waals surface area contributed by atoms with E-state index in [9.17, 15) is 12.8 Å². The second kappa shape index (κ2) is 7.16. The van der Waals surface area contributed by atoms with E-state index in [0.29, 0.717) is 11.3 Å². The van der Waals surface area contributed by atoms with Gasteiger partial charge < -0.3 is 9.47 Å². The van der Waals surface area contributed by atoms with Gasteiger partial charge in [-0.2, -0.15) is 0 Å². The van der Waals surface area contributed by atoms with Crippen LogP contribution in [0.5, 0.6) is 11.5 Å². The minimum Gasteiger partial charge on any atom is -0.497 e. The van der Waals surface area contributed by atoms with Crippen LogP contribution in [-0.2, 0) is 16.6 Å². The minimum atomic E-state index is -3.87. The lowest BCUT2D eigenvalue weighted by Gasteiger charge is -2.12. The lowest BCUT2D eigenvalue weighted by atomic mass is 10.2. The van der Waals surface area contributed by atoms with E-state index in [1.807, 2.05) is 0 Å². The molecule has 0 unspecified atom stereocenters. The fraction of sp³-hybridized carbons (Fsp3) is 0.200. The van der Waals surface area contributed by atoms with E-state index >= 15 is 0 Å². The van der Waals surface area contributed by atoms with Gasteiger partial charge in [-0.25, -0.2) is 17.5 Å². The Hall–Kier alpha value is -1.83. The molecule has 8 heteroatoms. The molecule has 1 N–H and O–H groups in total. The molecule has 0 atom stereocenters. The van der Waals surface area contributed by atoms with Crippen LogP contribution in [0.1, 0.15) is 5.56 Å². The van der Waals surface area contributed by atoms with Crippen LogP contribution in [0.4, 0.5) is 4.39 Å². The van der Waals surface area contributed by atoms with Crippen LogP contribution in [-0.4, -0.2) is 22.6 Å². The molecule has 0 saturated heterocycles. The van der Waals surface area contributed by atoms with Gasteiger partial charge in [0, 0.05) is 17.6 Å². The summed E-state index contributed by atoms with van der Waals surface area (Å²) in [6.45, 7) is -0.0815. The Morgan fingerprint density at radius 2 is 1.87 bits per heavy atom. The zero-order chi connectivity index (χ0) is 17.0.